The summed E-state index contributed by atoms with van der Waals surface area (Å²) in [6.45, 7) is 5.87. The molecule has 8 heteroatoms. The van der Waals surface area contributed by atoms with Crippen LogP contribution in [0.15, 0.2) is 22.7 Å². The topological polar surface area (TPSA) is 70.4 Å². The monoisotopic (exact) mass is 354 g/mol. The van der Waals surface area contributed by atoms with Gasteiger partial charge in [-0.1, -0.05) is 16.8 Å². The molecule has 6 nitrogen and oxygen atoms in total. The van der Waals surface area contributed by atoms with Crippen LogP contribution in [0.25, 0.3) is 10.6 Å². The first-order valence-corrected chi connectivity index (χ1v) is 8.85. The van der Waals surface area contributed by atoms with Gasteiger partial charge in [0, 0.05) is 38.8 Å². The van der Waals surface area contributed by atoms with Crippen molar-refractivity contribution in [3.05, 3.63) is 28.2 Å². The molecule has 3 rings (SSSR count). The van der Waals surface area contributed by atoms with E-state index < -0.39 is 0 Å². The number of halogens is 1. The molecule has 23 heavy (non-hydrogen) atoms. The van der Waals surface area contributed by atoms with E-state index in [0.717, 1.165) is 44.0 Å². The van der Waals surface area contributed by atoms with Gasteiger partial charge in [-0.25, -0.2) is 0 Å². The van der Waals surface area contributed by atoms with Crippen molar-refractivity contribution in [1.82, 2.24) is 20.7 Å². The summed E-state index contributed by atoms with van der Waals surface area (Å²) in [7, 11) is 0. The van der Waals surface area contributed by atoms with Gasteiger partial charge in [0.05, 0.1) is 9.21 Å². The SMILES string of the molecule is O=C(NCCCN1CCNCC1)c1cc(-c2ccc(Cl)s2)on1. The van der Waals surface area contributed by atoms with Crippen molar-refractivity contribution in [3.63, 3.8) is 0 Å². The summed E-state index contributed by atoms with van der Waals surface area (Å²) in [4.78, 5) is 15.3. The third-order valence-corrected chi connectivity index (χ3v) is 4.95. The predicted octanol–water partition coefficient (Wildman–Crippen LogP) is 2.08. The zero-order valence-electron chi connectivity index (χ0n) is 12.7. The maximum Gasteiger partial charge on any atom is 0.273 e. The van der Waals surface area contributed by atoms with Gasteiger partial charge >= 0.3 is 0 Å². The summed E-state index contributed by atoms with van der Waals surface area (Å²) >= 11 is 7.29. The molecule has 0 aromatic carbocycles. The Hall–Kier alpha value is -1.41. The second kappa shape index (κ2) is 7.92. The first-order chi connectivity index (χ1) is 11.2. The second-order valence-corrected chi connectivity index (χ2v) is 7.10. The van der Waals surface area contributed by atoms with Gasteiger partial charge in [0.25, 0.3) is 5.91 Å². The lowest BCUT2D eigenvalue weighted by atomic mass is 10.3. The maximum atomic E-state index is 12.1. The standard InChI is InChI=1S/C15H19ClN4O2S/c16-14-3-2-13(23-14)12-10-11(19-22-12)15(21)18-4-1-7-20-8-5-17-6-9-20/h2-3,10,17H,1,4-9H2,(H,18,21). The van der Waals surface area contributed by atoms with E-state index in [1.807, 2.05) is 6.07 Å². The Kier molecular flexibility index (Phi) is 5.66. The van der Waals surface area contributed by atoms with Crippen LogP contribution in [0.2, 0.25) is 4.34 Å². The van der Waals surface area contributed by atoms with Crippen molar-refractivity contribution < 1.29 is 9.32 Å². The van der Waals surface area contributed by atoms with E-state index in [-0.39, 0.29) is 5.91 Å². The molecule has 1 amide bonds. The van der Waals surface area contributed by atoms with Crippen LogP contribution in [-0.2, 0) is 0 Å². The molecule has 1 saturated heterocycles. The highest BCUT2D eigenvalue weighted by atomic mass is 35.5. The van der Waals surface area contributed by atoms with Gasteiger partial charge in [-0.05, 0) is 25.1 Å². The lowest BCUT2D eigenvalue weighted by Gasteiger charge is -2.26. The largest absolute Gasteiger partial charge is 0.355 e. The molecular weight excluding hydrogens is 336 g/mol. The molecule has 2 N–H and O–H groups in total. The minimum atomic E-state index is -0.206. The average Bonchev–Trinajstić information content (AvgIpc) is 3.21. The fourth-order valence-electron chi connectivity index (χ4n) is 2.47. The second-order valence-electron chi connectivity index (χ2n) is 5.38. The Bertz CT molecular complexity index is 651. The highest BCUT2D eigenvalue weighted by Gasteiger charge is 2.15. The summed E-state index contributed by atoms with van der Waals surface area (Å²) in [5, 5.41) is 10.0. The highest BCUT2D eigenvalue weighted by Crippen LogP contribution is 2.31. The number of amides is 1. The number of nitrogens with one attached hydrogen (secondary N) is 2. The summed E-state index contributed by atoms with van der Waals surface area (Å²) in [5.74, 6) is 0.357. The van der Waals surface area contributed by atoms with Crippen molar-refractivity contribution in [2.45, 2.75) is 6.42 Å². The quantitative estimate of drug-likeness (QED) is 0.777. The van der Waals surface area contributed by atoms with E-state index in [0.29, 0.717) is 22.3 Å². The number of piperazine rings is 1. The van der Waals surface area contributed by atoms with Crippen molar-refractivity contribution in [1.29, 1.82) is 0 Å². The normalized spacial score (nSPS) is 15.7. The van der Waals surface area contributed by atoms with Crippen molar-refractivity contribution >= 4 is 28.8 Å². The Balaban J connectivity index is 1.44. The molecular formula is C15H19ClN4O2S. The molecule has 0 bridgehead atoms. The van der Waals surface area contributed by atoms with E-state index in [1.165, 1.54) is 11.3 Å². The number of aromatic nitrogens is 1. The van der Waals surface area contributed by atoms with Gasteiger partial charge in [-0.3, -0.25) is 4.79 Å². The molecule has 0 unspecified atom stereocenters. The smallest absolute Gasteiger partial charge is 0.273 e. The molecule has 1 aliphatic rings. The molecule has 0 saturated carbocycles. The van der Waals surface area contributed by atoms with E-state index >= 15 is 0 Å². The summed E-state index contributed by atoms with van der Waals surface area (Å²) in [6, 6.07) is 5.29. The Morgan fingerprint density at radius 1 is 1.43 bits per heavy atom. The van der Waals surface area contributed by atoms with Crippen LogP contribution < -0.4 is 10.6 Å². The average molecular weight is 355 g/mol. The molecule has 3 heterocycles. The van der Waals surface area contributed by atoms with Gasteiger partial charge in [0.2, 0.25) is 0 Å². The summed E-state index contributed by atoms with van der Waals surface area (Å²) in [6.07, 6.45) is 0.928. The number of carbonyl (C=O) groups is 1. The Morgan fingerprint density at radius 3 is 3.00 bits per heavy atom. The first-order valence-electron chi connectivity index (χ1n) is 7.66. The van der Waals surface area contributed by atoms with E-state index in [9.17, 15) is 4.79 Å². The summed E-state index contributed by atoms with van der Waals surface area (Å²) < 4.78 is 5.89. The fraction of sp³-hybridized carbons (Fsp3) is 0.467. The molecule has 2 aromatic rings. The third kappa shape index (κ3) is 4.54. The van der Waals surface area contributed by atoms with Crippen molar-refractivity contribution in [3.8, 4) is 10.6 Å². The van der Waals surface area contributed by atoms with Crippen LogP contribution in [0, 0.1) is 0 Å². The molecule has 0 aliphatic carbocycles. The molecule has 0 atom stereocenters. The molecule has 1 aliphatic heterocycles. The van der Waals surface area contributed by atoms with Crippen LogP contribution in [0.1, 0.15) is 16.9 Å². The number of rotatable bonds is 6. The van der Waals surface area contributed by atoms with E-state index in [4.69, 9.17) is 16.1 Å². The molecule has 0 radical (unpaired) electrons. The number of hydrogen-bond donors (Lipinski definition) is 2. The van der Waals surface area contributed by atoms with Crippen LogP contribution in [0.4, 0.5) is 0 Å². The van der Waals surface area contributed by atoms with Gasteiger partial charge in [-0.15, -0.1) is 11.3 Å². The predicted molar refractivity (Wildman–Crippen MR) is 91.1 cm³/mol. The molecule has 2 aromatic heterocycles. The number of carbonyl (C=O) groups excluding carboxylic acids is 1. The lowest BCUT2D eigenvalue weighted by molar-refractivity contribution is 0.0942. The van der Waals surface area contributed by atoms with Gasteiger partial charge in [0.1, 0.15) is 0 Å². The minimum absolute atomic E-state index is 0.206. The zero-order valence-corrected chi connectivity index (χ0v) is 14.3. The van der Waals surface area contributed by atoms with Gasteiger partial charge in [-0.2, -0.15) is 0 Å². The Morgan fingerprint density at radius 2 is 2.26 bits per heavy atom. The molecule has 124 valence electrons. The van der Waals surface area contributed by atoms with Crippen LogP contribution in [0.3, 0.4) is 0 Å². The number of nitrogens with zero attached hydrogens (tertiary/aromatic N) is 2. The van der Waals surface area contributed by atoms with Crippen molar-refractivity contribution in [2.24, 2.45) is 0 Å². The van der Waals surface area contributed by atoms with Gasteiger partial charge < -0.3 is 20.1 Å². The number of thiophene rings is 1. The van der Waals surface area contributed by atoms with Crippen LogP contribution in [0.5, 0.6) is 0 Å². The van der Waals surface area contributed by atoms with Crippen LogP contribution >= 0.6 is 22.9 Å². The van der Waals surface area contributed by atoms with E-state index in [1.54, 1.807) is 12.1 Å². The maximum absolute atomic E-state index is 12.1. The van der Waals surface area contributed by atoms with E-state index in [2.05, 4.69) is 20.7 Å². The molecule has 0 spiro atoms. The first kappa shape index (κ1) is 16.4. The summed E-state index contributed by atoms with van der Waals surface area (Å²) in [5.41, 5.74) is 0.298. The third-order valence-electron chi connectivity index (χ3n) is 3.71. The fourth-order valence-corrected chi connectivity index (χ4v) is 3.47. The van der Waals surface area contributed by atoms with Gasteiger partial charge in [0.15, 0.2) is 11.5 Å². The lowest BCUT2D eigenvalue weighted by Crippen LogP contribution is -2.44. The Labute approximate surface area is 143 Å². The van der Waals surface area contributed by atoms with Crippen molar-refractivity contribution in [2.75, 3.05) is 39.3 Å². The molecule has 1 fully saturated rings. The van der Waals surface area contributed by atoms with Crippen LogP contribution in [-0.4, -0.2) is 55.2 Å². The zero-order chi connectivity index (χ0) is 16.1. The highest BCUT2D eigenvalue weighted by molar-refractivity contribution is 7.19. The number of hydrogen-bond acceptors (Lipinski definition) is 6. The minimum Gasteiger partial charge on any atom is -0.355 e.